The van der Waals surface area contributed by atoms with E-state index in [-0.39, 0.29) is 11.3 Å². The molecule has 14 nitrogen and oxygen atoms in total. The Labute approximate surface area is 241 Å². The molecule has 0 saturated heterocycles. The first-order chi connectivity index (χ1) is 19.6. The van der Waals surface area contributed by atoms with Gasteiger partial charge in [0.1, 0.15) is 22.8 Å². The third kappa shape index (κ3) is 4.46. The summed E-state index contributed by atoms with van der Waals surface area (Å²) in [5.41, 5.74) is 12.2. The average Bonchev–Trinajstić information content (AvgIpc) is 2.91. The summed E-state index contributed by atoms with van der Waals surface area (Å²) in [4.78, 5) is 53.4. The second-order valence-corrected chi connectivity index (χ2v) is 11.4. The van der Waals surface area contributed by atoms with Gasteiger partial charge in [0, 0.05) is 11.5 Å². The van der Waals surface area contributed by atoms with E-state index in [2.05, 4.69) is 5.32 Å². The van der Waals surface area contributed by atoms with Gasteiger partial charge in [-0.05, 0) is 51.0 Å². The lowest BCUT2D eigenvalue weighted by Gasteiger charge is -2.53. The number of phenolic OH excluding ortho intramolecular Hbond substituents is 1. The van der Waals surface area contributed by atoms with E-state index in [4.69, 9.17) is 17.2 Å². The van der Waals surface area contributed by atoms with E-state index in [1.807, 2.05) is 0 Å². The zero-order valence-electron chi connectivity index (χ0n) is 23.5. The highest BCUT2D eigenvalue weighted by molar-refractivity contribution is 6.24. The smallest absolute Gasteiger partial charge is 0.255 e. The molecule has 3 aliphatic rings. The lowest BCUT2D eigenvalue weighted by molar-refractivity contribution is -0.169. The number of likely N-dealkylation sites (N-methyl/N-ethyl adjacent to an activating group) is 1. The summed E-state index contributed by atoms with van der Waals surface area (Å²) in [6.45, 7) is 2.06. The number of nitrogens with two attached hydrogens (primary N) is 3. The van der Waals surface area contributed by atoms with Gasteiger partial charge < -0.3 is 48.1 Å². The lowest BCUT2D eigenvalue weighted by Crippen LogP contribution is -2.70. The number of phenols is 1. The van der Waals surface area contributed by atoms with Crippen molar-refractivity contribution in [3.8, 4) is 5.75 Å². The van der Waals surface area contributed by atoms with Crippen molar-refractivity contribution in [1.82, 2.24) is 4.90 Å². The number of carbonyl (C=O) groups excluding carboxylic acids is 4. The Morgan fingerprint density at radius 3 is 2.36 bits per heavy atom. The molecule has 7 atom stereocenters. The van der Waals surface area contributed by atoms with Gasteiger partial charge in [0.25, 0.3) is 5.91 Å². The Morgan fingerprint density at radius 2 is 1.79 bits per heavy atom. The van der Waals surface area contributed by atoms with Crippen LogP contribution < -0.4 is 22.5 Å². The van der Waals surface area contributed by atoms with Crippen molar-refractivity contribution in [3.05, 3.63) is 40.2 Å². The molecular weight excluding hydrogens is 550 g/mol. The highest BCUT2D eigenvalue weighted by Crippen LogP contribution is 2.56. The normalized spacial score (nSPS) is 29.7. The molecule has 1 aromatic rings. The number of ketones is 2. The zero-order chi connectivity index (χ0) is 31.4. The molecule has 1 aromatic carbocycles. The molecule has 0 spiro atoms. The number of amides is 2. The first kappa shape index (κ1) is 31.1. The summed E-state index contributed by atoms with van der Waals surface area (Å²) in [5, 5.41) is 59.4. The largest absolute Gasteiger partial charge is 0.508 e. The molecule has 42 heavy (non-hydrogen) atoms. The molecule has 228 valence electrons. The summed E-state index contributed by atoms with van der Waals surface area (Å²) in [6, 6.07) is 0.542. The molecule has 1 saturated carbocycles. The Hall–Kier alpha value is -3.82. The van der Waals surface area contributed by atoms with Gasteiger partial charge in [0.2, 0.25) is 11.7 Å². The van der Waals surface area contributed by atoms with E-state index in [1.54, 1.807) is 6.92 Å². The van der Waals surface area contributed by atoms with Crippen LogP contribution in [0.5, 0.6) is 5.75 Å². The van der Waals surface area contributed by atoms with Gasteiger partial charge >= 0.3 is 0 Å². The van der Waals surface area contributed by atoms with Gasteiger partial charge in [-0.15, -0.1) is 0 Å². The number of benzene rings is 1. The molecule has 0 heterocycles. The van der Waals surface area contributed by atoms with Crippen LogP contribution in [0.3, 0.4) is 0 Å². The van der Waals surface area contributed by atoms with E-state index < -0.39 is 93.3 Å². The minimum atomic E-state index is -3.01. The molecule has 0 bridgehead atoms. The summed E-state index contributed by atoms with van der Waals surface area (Å²) in [6.07, 6.45) is -0.0712. The van der Waals surface area contributed by atoms with Gasteiger partial charge in [0.05, 0.1) is 35.4 Å². The van der Waals surface area contributed by atoms with Crippen LogP contribution in [0.15, 0.2) is 29.0 Å². The number of unbranched alkanes of at least 4 members (excludes halogenated alkanes) is 1. The van der Waals surface area contributed by atoms with Gasteiger partial charge in [-0.1, -0.05) is 19.4 Å². The highest BCUT2D eigenvalue weighted by atomic mass is 16.4. The number of Topliss-reactive ketones (excluding diaryl/α,β-unsaturated/α-hetero) is 2. The number of rotatable bonds is 8. The number of hydrogen-bond donors (Lipinski definition) is 9. The number of aliphatic hydroxyl groups is 4. The van der Waals surface area contributed by atoms with Gasteiger partial charge in [-0.2, -0.15) is 0 Å². The van der Waals surface area contributed by atoms with Crippen molar-refractivity contribution < 1.29 is 44.7 Å². The van der Waals surface area contributed by atoms with E-state index in [1.165, 1.54) is 31.1 Å². The van der Waals surface area contributed by atoms with Crippen molar-refractivity contribution >= 4 is 34.8 Å². The summed E-state index contributed by atoms with van der Waals surface area (Å²) in [7, 11) is 2.86. The predicted molar refractivity (Wildman–Crippen MR) is 150 cm³/mol. The first-order valence-corrected chi connectivity index (χ1v) is 13.6. The Morgan fingerprint density at radius 1 is 1.14 bits per heavy atom. The lowest BCUT2D eigenvalue weighted by atomic mass is 9.54. The molecule has 0 radical (unpaired) electrons. The van der Waals surface area contributed by atoms with E-state index in [9.17, 15) is 44.7 Å². The maximum absolute atomic E-state index is 14.0. The number of primary amides is 1. The zero-order valence-corrected chi connectivity index (χ0v) is 23.5. The fourth-order valence-electron chi connectivity index (χ4n) is 6.58. The van der Waals surface area contributed by atoms with Crippen LogP contribution in [0.2, 0.25) is 0 Å². The van der Waals surface area contributed by atoms with Crippen molar-refractivity contribution in [3.63, 3.8) is 0 Å². The molecule has 1 fully saturated rings. The molecule has 2 amide bonds. The van der Waals surface area contributed by atoms with Crippen molar-refractivity contribution in [2.45, 2.75) is 55.9 Å². The van der Waals surface area contributed by atoms with Crippen LogP contribution in [-0.2, 0) is 19.2 Å². The maximum atomic E-state index is 14.0. The summed E-state index contributed by atoms with van der Waals surface area (Å²) < 4.78 is 0. The fraction of sp³-hybridized carbons (Fsp3) is 0.500. The predicted octanol–water partition coefficient (Wildman–Crippen LogP) is -1.11. The summed E-state index contributed by atoms with van der Waals surface area (Å²) in [5.74, 6) is -10.6. The van der Waals surface area contributed by atoms with E-state index in [0.29, 0.717) is 31.4 Å². The monoisotopic (exact) mass is 587 g/mol. The van der Waals surface area contributed by atoms with Crippen molar-refractivity contribution in [1.29, 1.82) is 0 Å². The molecule has 14 heteroatoms. The van der Waals surface area contributed by atoms with Crippen molar-refractivity contribution in [2.24, 2.45) is 29.0 Å². The highest BCUT2D eigenvalue weighted by Gasteiger charge is 2.68. The molecule has 3 aliphatic carbocycles. The second kappa shape index (κ2) is 11.1. The number of aliphatic hydroxyl groups excluding tert-OH is 3. The molecule has 4 rings (SSSR count). The Kier molecular flexibility index (Phi) is 8.23. The number of nitrogens with zero attached hydrogens (tertiary/aromatic N) is 1. The van der Waals surface area contributed by atoms with Crippen LogP contribution in [-0.4, -0.2) is 98.2 Å². The third-order valence-corrected chi connectivity index (χ3v) is 8.69. The van der Waals surface area contributed by atoms with Crippen LogP contribution in [0.25, 0.3) is 5.76 Å². The molecule has 0 aliphatic heterocycles. The van der Waals surface area contributed by atoms with Gasteiger partial charge in [-0.3, -0.25) is 24.1 Å². The SMILES string of the molecule is C[C@H]1c2ccc(NC(=O)[C@@H](N)CCCCN)c(O)c2C(O)=C2C(=O)[C@]3(O)C(O)=C(C(N)=O)C(=O)[C@@H](N(C)C)C3[C@@H](O)C21. The van der Waals surface area contributed by atoms with Crippen molar-refractivity contribution in [2.75, 3.05) is 26.0 Å². The quantitative estimate of drug-likeness (QED) is 0.0996. The second-order valence-electron chi connectivity index (χ2n) is 11.4. The Balaban J connectivity index is 1.86. The topological polar surface area (TPSA) is 263 Å². The van der Waals surface area contributed by atoms with Crippen LogP contribution in [0.4, 0.5) is 5.69 Å². The third-order valence-electron chi connectivity index (χ3n) is 8.69. The molecule has 0 aromatic heterocycles. The first-order valence-electron chi connectivity index (χ1n) is 13.6. The number of hydrogen-bond acceptors (Lipinski definition) is 12. The minimum absolute atomic E-state index is 0.110. The number of aromatic hydroxyl groups is 1. The molecule has 12 N–H and O–H groups in total. The average molecular weight is 588 g/mol. The molecular formula is C28H37N5O9. The number of anilines is 1. The van der Waals surface area contributed by atoms with E-state index in [0.717, 1.165) is 0 Å². The van der Waals surface area contributed by atoms with E-state index >= 15 is 0 Å². The van der Waals surface area contributed by atoms with Crippen LogP contribution >= 0.6 is 0 Å². The minimum Gasteiger partial charge on any atom is -0.508 e. The number of fused-ring (bicyclic) bond motifs is 3. The fourth-order valence-corrected chi connectivity index (χ4v) is 6.58. The molecule has 2 unspecified atom stereocenters. The van der Waals surface area contributed by atoms with Gasteiger partial charge in [-0.25, -0.2) is 0 Å². The summed E-state index contributed by atoms with van der Waals surface area (Å²) >= 11 is 0. The standard InChI is InChI=1S/C28H37N5O9/c1-10-11-7-8-13(32-27(41)12(30)6-4-5-9-29)20(34)15(11)21(35)16-14(10)22(36)18-19(33(2)3)23(37)17(26(31)40)25(39)28(18,42)24(16)38/h7-8,10,12,14,18-19,22,34-36,39,42H,4-6,9,29-30H2,1-3H3,(H2,31,40)(H,32,41)/t10-,12-,14?,18?,19-,22-,28-/m0/s1. The van der Waals surface area contributed by atoms with Crippen LogP contribution in [0.1, 0.15) is 43.2 Å². The maximum Gasteiger partial charge on any atom is 0.255 e. The van der Waals surface area contributed by atoms with Crippen LogP contribution in [0, 0.1) is 11.8 Å². The number of carbonyl (C=O) groups is 4. The number of nitrogens with one attached hydrogen (secondary N) is 1. The Bertz CT molecular complexity index is 1420. The van der Waals surface area contributed by atoms with Gasteiger partial charge in [0.15, 0.2) is 11.4 Å².